The number of nitriles is 1. The quantitative estimate of drug-likeness (QED) is 0.793. The van der Waals surface area contributed by atoms with Crippen molar-refractivity contribution in [3.63, 3.8) is 0 Å². The molecule has 1 N–H and O–H groups in total. The smallest absolute Gasteiger partial charge is 0.242 e. The monoisotopic (exact) mass is 372 g/mol. The van der Waals surface area contributed by atoms with Gasteiger partial charge in [-0.3, -0.25) is 14.4 Å². The van der Waals surface area contributed by atoms with Gasteiger partial charge in [-0.1, -0.05) is 0 Å². The zero-order valence-electron chi connectivity index (χ0n) is 15.8. The standard InChI is InChI=1S/C20H28N4O3/c21-2-1-17(25)22-13-18(26)23-3-5-24(6-4-23)19(27)20-10-14-7-15(11-20)9-16(8-14)12-20/h14-16H,1,3-13H2,(H,22,25). The number of hydrogen-bond donors (Lipinski definition) is 1. The topological polar surface area (TPSA) is 93.5 Å². The zero-order valence-corrected chi connectivity index (χ0v) is 15.8. The highest BCUT2D eigenvalue weighted by molar-refractivity contribution is 5.86. The Morgan fingerprint density at radius 3 is 1.96 bits per heavy atom. The maximum Gasteiger partial charge on any atom is 0.242 e. The summed E-state index contributed by atoms with van der Waals surface area (Å²) in [6.45, 7) is 2.12. The van der Waals surface area contributed by atoms with E-state index in [1.807, 2.05) is 4.90 Å². The van der Waals surface area contributed by atoms with Gasteiger partial charge in [-0.15, -0.1) is 0 Å². The second-order valence-electron chi connectivity index (χ2n) is 8.98. The molecule has 0 radical (unpaired) electrons. The van der Waals surface area contributed by atoms with E-state index in [-0.39, 0.29) is 24.3 Å². The highest BCUT2D eigenvalue weighted by Gasteiger charge is 2.55. The number of amides is 3. The summed E-state index contributed by atoms with van der Waals surface area (Å²) in [6, 6.07) is 1.76. The highest BCUT2D eigenvalue weighted by atomic mass is 16.2. The van der Waals surface area contributed by atoms with Gasteiger partial charge in [-0.05, 0) is 56.3 Å². The van der Waals surface area contributed by atoms with Crippen LogP contribution in [0.4, 0.5) is 0 Å². The van der Waals surface area contributed by atoms with E-state index in [9.17, 15) is 14.4 Å². The van der Waals surface area contributed by atoms with Gasteiger partial charge in [0.1, 0.15) is 6.42 Å². The van der Waals surface area contributed by atoms with Crippen molar-refractivity contribution in [1.82, 2.24) is 15.1 Å². The molecule has 7 heteroatoms. The number of carbonyl (C=O) groups is 3. The van der Waals surface area contributed by atoms with Crippen LogP contribution in [0.5, 0.6) is 0 Å². The molecule has 7 nitrogen and oxygen atoms in total. The Morgan fingerprint density at radius 1 is 0.926 bits per heavy atom. The van der Waals surface area contributed by atoms with Gasteiger partial charge in [0.05, 0.1) is 18.0 Å². The van der Waals surface area contributed by atoms with Crippen LogP contribution in [-0.2, 0) is 14.4 Å². The van der Waals surface area contributed by atoms with E-state index in [0.29, 0.717) is 32.1 Å². The van der Waals surface area contributed by atoms with Crippen LogP contribution >= 0.6 is 0 Å². The van der Waals surface area contributed by atoms with Gasteiger partial charge in [-0.2, -0.15) is 5.26 Å². The van der Waals surface area contributed by atoms with Crippen molar-refractivity contribution >= 4 is 17.7 Å². The zero-order chi connectivity index (χ0) is 19.0. The van der Waals surface area contributed by atoms with E-state index in [1.165, 1.54) is 19.3 Å². The molecule has 1 saturated heterocycles. The van der Waals surface area contributed by atoms with Gasteiger partial charge in [-0.25, -0.2) is 0 Å². The van der Waals surface area contributed by atoms with Gasteiger partial charge < -0.3 is 15.1 Å². The van der Waals surface area contributed by atoms with Crippen molar-refractivity contribution in [2.24, 2.45) is 23.2 Å². The lowest BCUT2D eigenvalue weighted by molar-refractivity contribution is -0.160. The largest absolute Gasteiger partial charge is 0.346 e. The van der Waals surface area contributed by atoms with Crippen LogP contribution in [-0.4, -0.2) is 60.2 Å². The lowest BCUT2D eigenvalue weighted by Crippen LogP contribution is -2.59. The maximum absolute atomic E-state index is 13.4. The van der Waals surface area contributed by atoms with Crippen molar-refractivity contribution in [3.8, 4) is 6.07 Å². The summed E-state index contributed by atoms with van der Waals surface area (Å²) in [5.41, 5.74) is -0.119. The van der Waals surface area contributed by atoms with Crippen LogP contribution in [0.15, 0.2) is 0 Å². The van der Waals surface area contributed by atoms with Crippen molar-refractivity contribution < 1.29 is 14.4 Å². The third-order valence-electron chi connectivity index (χ3n) is 7.09. The first-order chi connectivity index (χ1) is 13.0. The second kappa shape index (κ2) is 7.14. The highest BCUT2D eigenvalue weighted by Crippen LogP contribution is 2.60. The summed E-state index contributed by atoms with van der Waals surface area (Å²) in [7, 11) is 0. The van der Waals surface area contributed by atoms with Crippen molar-refractivity contribution in [2.75, 3.05) is 32.7 Å². The molecule has 5 rings (SSSR count). The molecule has 1 aliphatic heterocycles. The Balaban J connectivity index is 1.29. The molecule has 0 atom stereocenters. The molecule has 27 heavy (non-hydrogen) atoms. The van der Waals surface area contributed by atoms with Gasteiger partial charge in [0.2, 0.25) is 17.7 Å². The SMILES string of the molecule is N#CCC(=O)NCC(=O)N1CCN(C(=O)C23CC4CC(CC(C4)C2)C3)CC1. The number of nitrogens with one attached hydrogen (secondary N) is 1. The molecule has 0 aromatic heterocycles. The number of rotatable bonds is 4. The molecule has 0 unspecified atom stereocenters. The number of nitrogens with zero attached hydrogens (tertiary/aromatic N) is 3. The third-order valence-corrected chi connectivity index (χ3v) is 7.09. The van der Waals surface area contributed by atoms with Crippen LogP contribution in [0.1, 0.15) is 44.9 Å². The predicted octanol–water partition coefficient (Wildman–Crippen LogP) is 0.903. The molecular formula is C20H28N4O3. The Morgan fingerprint density at radius 2 is 1.44 bits per heavy atom. The number of carbonyl (C=O) groups excluding carboxylic acids is 3. The van der Waals surface area contributed by atoms with E-state index >= 15 is 0 Å². The second-order valence-corrected chi connectivity index (χ2v) is 8.98. The van der Waals surface area contributed by atoms with E-state index < -0.39 is 5.91 Å². The molecule has 4 bridgehead atoms. The summed E-state index contributed by atoms with van der Waals surface area (Å²) in [5.74, 6) is 2.00. The summed E-state index contributed by atoms with van der Waals surface area (Å²) in [6.07, 6.45) is 6.96. The first-order valence-corrected chi connectivity index (χ1v) is 10.2. The number of piperazine rings is 1. The molecule has 0 aromatic rings. The van der Waals surface area contributed by atoms with Crippen molar-refractivity contribution in [1.29, 1.82) is 5.26 Å². The van der Waals surface area contributed by atoms with E-state index in [0.717, 1.165) is 37.0 Å². The molecular weight excluding hydrogens is 344 g/mol. The van der Waals surface area contributed by atoms with Gasteiger partial charge in [0, 0.05) is 26.2 Å². The minimum atomic E-state index is -0.429. The molecule has 3 amide bonds. The molecule has 4 aliphatic carbocycles. The summed E-state index contributed by atoms with van der Waals surface area (Å²) in [4.78, 5) is 40.6. The molecule has 146 valence electrons. The van der Waals surface area contributed by atoms with Crippen molar-refractivity contribution in [2.45, 2.75) is 44.9 Å². The Bertz CT molecular complexity index is 640. The van der Waals surface area contributed by atoms with E-state index in [4.69, 9.17) is 5.26 Å². The van der Waals surface area contributed by atoms with Crippen LogP contribution in [0, 0.1) is 34.5 Å². The fourth-order valence-electron chi connectivity index (χ4n) is 6.29. The summed E-state index contributed by atoms with van der Waals surface area (Å²) < 4.78 is 0. The van der Waals surface area contributed by atoms with Gasteiger partial charge in [0.25, 0.3) is 0 Å². The summed E-state index contributed by atoms with van der Waals surface area (Å²) in [5, 5.41) is 10.9. The average molecular weight is 372 g/mol. The Hall–Kier alpha value is -2.10. The van der Waals surface area contributed by atoms with E-state index in [2.05, 4.69) is 5.32 Å². The fourth-order valence-corrected chi connectivity index (χ4v) is 6.29. The van der Waals surface area contributed by atoms with Crippen LogP contribution in [0.2, 0.25) is 0 Å². The third kappa shape index (κ3) is 3.54. The summed E-state index contributed by atoms with van der Waals surface area (Å²) >= 11 is 0. The van der Waals surface area contributed by atoms with Crippen LogP contribution < -0.4 is 5.32 Å². The first-order valence-electron chi connectivity index (χ1n) is 10.2. The van der Waals surface area contributed by atoms with Crippen LogP contribution in [0.25, 0.3) is 0 Å². The molecule has 5 fully saturated rings. The maximum atomic E-state index is 13.4. The van der Waals surface area contributed by atoms with Crippen LogP contribution in [0.3, 0.4) is 0 Å². The normalized spacial score (nSPS) is 34.3. The predicted molar refractivity (Wildman–Crippen MR) is 97.0 cm³/mol. The van der Waals surface area contributed by atoms with Crippen molar-refractivity contribution in [3.05, 3.63) is 0 Å². The molecule has 1 heterocycles. The van der Waals surface area contributed by atoms with E-state index in [1.54, 1.807) is 11.0 Å². The minimum absolute atomic E-state index is 0.0799. The Labute approximate surface area is 160 Å². The minimum Gasteiger partial charge on any atom is -0.346 e. The average Bonchev–Trinajstić information content (AvgIpc) is 2.65. The Kier molecular flexibility index (Phi) is 4.83. The molecule has 0 spiro atoms. The van der Waals surface area contributed by atoms with Gasteiger partial charge in [0.15, 0.2) is 0 Å². The molecule has 4 saturated carbocycles. The lowest BCUT2D eigenvalue weighted by atomic mass is 9.49. The first kappa shape index (κ1) is 18.3. The fraction of sp³-hybridized carbons (Fsp3) is 0.800. The number of hydrogen-bond acceptors (Lipinski definition) is 4. The lowest BCUT2D eigenvalue weighted by Gasteiger charge is -2.57. The molecule has 0 aromatic carbocycles. The molecule has 5 aliphatic rings. The van der Waals surface area contributed by atoms with Gasteiger partial charge >= 0.3 is 0 Å².